The number of hydrogen-bond acceptors (Lipinski definition) is 7. The fraction of sp³-hybridized carbons (Fsp3) is 0.438. The zero-order valence-electron chi connectivity index (χ0n) is 14.7. The first-order chi connectivity index (χ1) is 13.3. The lowest BCUT2D eigenvalue weighted by molar-refractivity contribution is -0.141. The van der Waals surface area contributed by atoms with Crippen molar-refractivity contribution in [2.24, 2.45) is 0 Å². The molecule has 0 aromatic carbocycles. The second-order valence-corrected chi connectivity index (χ2v) is 6.72. The molecule has 3 N–H and O–H groups in total. The third-order valence-electron chi connectivity index (χ3n) is 4.84. The number of alkyl halides is 3. The van der Waals surface area contributed by atoms with Crippen LogP contribution in [0.5, 0.6) is 0 Å². The quantitative estimate of drug-likeness (QED) is 0.586. The van der Waals surface area contributed by atoms with Crippen molar-refractivity contribution < 1.29 is 28.0 Å². The maximum atomic E-state index is 13.1. The third kappa shape index (κ3) is 3.17. The van der Waals surface area contributed by atoms with Gasteiger partial charge < -0.3 is 20.1 Å². The summed E-state index contributed by atoms with van der Waals surface area (Å²) < 4.78 is 45.5. The van der Waals surface area contributed by atoms with E-state index < -0.39 is 31.8 Å². The van der Waals surface area contributed by atoms with Crippen LogP contribution >= 0.6 is 0 Å². The molecule has 1 aromatic rings. The summed E-state index contributed by atoms with van der Waals surface area (Å²) in [7, 11) is -2.02. The molecule has 4 heterocycles. The highest BCUT2D eigenvalue weighted by molar-refractivity contribution is 6.47. The first kappa shape index (κ1) is 18.9. The Morgan fingerprint density at radius 3 is 2.75 bits per heavy atom. The van der Waals surface area contributed by atoms with E-state index in [1.807, 2.05) is 0 Å². The normalized spacial score (nSPS) is 20.8. The van der Waals surface area contributed by atoms with Crippen LogP contribution in [0.15, 0.2) is 17.1 Å². The minimum absolute atomic E-state index is 0.00837. The molecule has 1 atom stereocenters. The molecular weight excluding hydrogens is 380 g/mol. The van der Waals surface area contributed by atoms with Crippen LogP contribution < -0.4 is 26.4 Å². The molecular formula is C16H18BF3N4O4. The molecule has 4 rings (SSSR count). The number of halogens is 3. The van der Waals surface area contributed by atoms with Crippen LogP contribution in [-0.4, -0.2) is 45.9 Å². The van der Waals surface area contributed by atoms with E-state index in [1.54, 1.807) is 0 Å². The van der Waals surface area contributed by atoms with Crippen molar-refractivity contribution in [2.75, 3.05) is 16.8 Å². The van der Waals surface area contributed by atoms with Crippen molar-refractivity contribution in [3.63, 3.8) is 0 Å². The van der Waals surface area contributed by atoms with E-state index >= 15 is 0 Å². The summed E-state index contributed by atoms with van der Waals surface area (Å²) in [6.45, 7) is -0.991. The van der Waals surface area contributed by atoms with E-state index in [0.29, 0.717) is 17.6 Å². The summed E-state index contributed by atoms with van der Waals surface area (Å²) >= 11 is 0. The fourth-order valence-electron chi connectivity index (χ4n) is 3.72. The Balaban J connectivity index is 1.94. The Hall–Kier alpha value is -2.44. The maximum absolute atomic E-state index is 13.1. The summed E-state index contributed by atoms with van der Waals surface area (Å²) in [5.74, 6) is 0. The van der Waals surface area contributed by atoms with Crippen LogP contribution in [0.3, 0.4) is 0 Å². The molecule has 0 bridgehead atoms. The standard InChI is InChI=1S/C16H18BF3N4O4/c18-16(19,20)9-22-11-4-3-6-21-13(11)14-10(15(22)25)8-23(24(14)17(26)27)12-5-1-2-7-28-12/h3-4,6,8,12,21,26-27H,1-2,5,7,9H2. The topological polar surface area (TPSA) is 90.2 Å². The molecule has 150 valence electrons. The number of rotatable bonds is 3. The Morgan fingerprint density at radius 1 is 1.32 bits per heavy atom. The number of ether oxygens (including phenoxy) is 1. The first-order valence-corrected chi connectivity index (χ1v) is 8.82. The predicted molar refractivity (Wildman–Crippen MR) is 95.8 cm³/mol. The molecule has 3 aliphatic heterocycles. The fourth-order valence-corrected chi connectivity index (χ4v) is 3.72. The van der Waals surface area contributed by atoms with Gasteiger partial charge in [0.15, 0.2) is 0 Å². The van der Waals surface area contributed by atoms with Crippen molar-refractivity contribution >= 4 is 30.9 Å². The van der Waals surface area contributed by atoms with Crippen LogP contribution in [0.1, 0.15) is 19.3 Å². The number of aromatic nitrogens is 1. The van der Waals surface area contributed by atoms with Gasteiger partial charge in [-0.25, -0.2) is 0 Å². The number of allylic oxidation sites excluding steroid dienone is 1. The smallest absolute Gasteiger partial charge is 0.407 e. The minimum atomic E-state index is -4.60. The molecule has 1 aromatic heterocycles. The Labute approximate surface area is 157 Å². The lowest BCUT2D eigenvalue weighted by Gasteiger charge is -2.39. The van der Waals surface area contributed by atoms with Crippen LogP contribution in [0, 0.1) is 0 Å². The first-order valence-electron chi connectivity index (χ1n) is 8.82. The Morgan fingerprint density at radius 2 is 2.11 bits per heavy atom. The van der Waals surface area contributed by atoms with Gasteiger partial charge in [0.1, 0.15) is 12.8 Å². The van der Waals surface area contributed by atoms with Crippen LogP contribution in [0.4, 0.5) is 24.5 Å². The molecule has 0 saturated carbocycles. The average molecular weight is 398 g/mol. The Bertz CT molecular complexity index is 986. The summed E-state index contributed by atoms with van der Waals surface area (Å²) in [6, 6.07) is 0. The highest BCUT2D eigenvalue weighted by Gasteiger charge is 2.40. The van der Waals surface area contributed by atoms with Gasteiger partial charge in [0.05, 0.1) is 21.9 Å². The molecule has 0 amide bonds. The van der Waals surface area contributed by atoms with Crippen molar-refractivity contribution in [3.05, 3.63) is 33.2 Å². The largest absolute Gasteiger partial charge is 0.608 e. The second-order valence-electron chi connectivity index (χ2n) is 6.72. The molecule has 28 heavy (non-hydrogen) atoms. The van der Waals surface area contributed by atoms with Gasteiger partial charge in [-0.15, -0.1) is 0 Å². The van der Waals surface area contributed by atoms with E-state index in [1.165, 1.54) is 29.6 Å². The highest BCUT2D eigenvalue weighted by Crippen LogP contribution is 2.30. The lowest BCUT2D eigenvalue weighted by atomic mass is 10.1. The number of fused-ring (bicyclic) bond motifs is 3. The molecule has 12 heteroatoms. The summed E-state index contributed by atoms with van der Waals surface area (Å²) in [4.78, 5) is 14.0. The van der Waals surface area contributed by atoms with E-state index in [2.05, 4.69) is 5.32 Å². The Kier molecular flexibility index (Phi) is 4.64. The third-order valence-corrected chi connectivity index (χ3v) is 4.84. The zero-order chi connectivity index (χ0) is 20.1. The number of nitrogens with zero attached hydrogens (tertiary/aromatic N) is 3. The van der Waals surface area contributed by atoms with Crippen molar-refractivity contribution in [2.45, 2.75) is 38.2 Å². The van der Waals surface area contributed by atoms with Gasteiger partial charge >= 0.3 is 13.4 Å². The van der Waals surface area contributed by atoms with Gasteiger partial charge in [0.25, 0.3) is 5.56 Å². The monoisotopic (exact) mass is 398 g/mol. The van der Waals surface area contributed by atoms with Crippen LogP contribution in [0.25, 0.3) is 12.3 Å². The zero-order valence-corrected chi connectivity index (χ0v) is 14.7. The second kappa shape index (κ2) is 6.87. The average Bonchev–Trinajstić information content (AvgIpc) is 3.06. The summed E-state index contributed by atoms with van der Waals surface area (Å²) in [5.41, 5.74) is -0.587. The summed E-state index contributed by atoms with van der Waals surface area (Å²) in [6.07, 6.45) is 2.78. The number of hydrazine groups is 1. The van der Waals surface area contributed by atoms with E-state index in [4.69, 9.17) is 4.74 Å². The van der Waals surface area contributed by atoms with Crippen molar-refractivity contribution in [1.29, 1.82) is 0 Å². The number of pyridine rings is 1. The van der Waals surface area contributed by atoms with Gasteiger partial charge in [0.2, 0.25) is 0 Å². The molecule has 8 nitrogen and oxygen atoms in total. The van der Waals surface area contributed by atoms with Gasteiger partial charge in [-0.3, -0.25) is 19.3 Å². The van der Waals surface area contributed by atoms with Gasteiger partial charge in [0, 0.05) is 19.0 Å². The van der Waals surface area contributed by atoms with Gasteiger partial charge in [-0.1, -0.05) is 0 Å². The highest BCUT2D eigenvalue weighted by atomic mass is 19.4. The molecule has 0 aliphatic carbocycles. The predicted octanol–water partition coefficient (Wildman–Crippen LogP) is -0.599. The van der Waals surface area contributed by atoms with Gasteiger partial charge in [-0.05, 0) is 31.4 Å². The molecule has 0 spiro atoms. The van der Waals surface area contributed by atoms with E-state index in [0.717, 1.165) is 17.8 Å². The molecule has 1 unspecified atom stereocenters. The number of nitrogens with one attached hydrogen (secondary N) is 1. The minimum Gasteiger partial charge on any atom is -0.407 e. The van der Waals surface area contributed by atoms with E-state index in [-0.39, 0.29) is 21.9 Å². The lowest BCUT2D eigenvalue weighted by Crippen LogP contribution is -2.54. The van der Waals surface area contributed by atoms with Crippen LogP contribution in [0.2, 0.25) is 0 Å². The molecule has 3 aliphatic rings. The van der Waals surface area contributed by atoms with E-state index in [9.17, 15) is 28.0 Å². The number of hydrogen-bond donors (Lipinski definition) is 3. The number of anilines is 2. The van der Waals surface area contributed by atoms with Gasteiger partial charge in [-0.2, -0.15) is 13.2 Å². The van der Waals surface area contributed by atoms with Crippen LogP contribution in [-0.2, 0) is 11.3 Å². The van der Waals surface area contributed by atoms with Crippen molar-refractivity contribution in [3.8, 4) is 0 Å². The molecule has 0 radical (unpaired) electrons. The molecule has 1 fully saturated rings. The summed E-state index contributed by atoms with van der Waals surface area (Å²) in [5, 5.41) is 24.1. The van der Waals surface area contributed by atoms with Crippen molar-refractivity contribution in [1.82, 2.24) is 9.58 Å². The SMILES string of the molecule is O=c1c2c(c3c(n1CC(F)(F)F)=CC=CN3)N(B(O)O)N(C1CCCCO1)C=2. The maximum Gasteiger partial charge on any atom is 0.608 e. The molecule has 1 saturated heterocycles.